The third kappa shape index (κ3) is 4.18. The van der Waals surface area contributed by atoms with Crippen molar-refractivity contribution in [3.63, 3.8) is 0 Å². The molecule has 9 nitrogen and oxygen atoms in total. The fraction of sp³-hybridized carbons (Fsp3) is 0.294. The number of furan rings is 1. The van der Waals surface area contributed by atoms with E-state index in [-0.39, 0.29) is 30.5 Å². The molecule has 0 atom stereocenters. The molecule has 3 heterocycles. The fourth-order valence-corrected chi connectivity index (χ4v) is 2.46. The van der Waals surface area contributed by atoms with Gasteiger partial charge < -0.3 is 15.1 Å². The molecule has 0 unspecified atom stereocenters. The van der Waals surface area contributed by atoms with Crippen LogP contribution in [0.2, 0.25) is 0 Å². The van der Waals surface area contributed by atoms with Crippen LogP contribution < -0.4 is 10.6 Å². The van der Waals surface area contributed by atoms with E-state index >= 15 is 0 Å². The van der Waals surface area contributed by atoms with Gasteiger partial charge in [0.05, 0.1) is 18.5 Å². The Labute approximate surface area is 150 Å². The van der Waals surface area contributed by atoms with Crippen LogP contribution in [0.5, 0.6) is 0 Å². The van der Waals surface area contributed by atoms with Gasteiger partial charge in [0.1, 0.15) is 5.76 Å². The minimum atomic E-state index is -0.389. The molecule has 3 aromatic heterocycles. The van der Waals surface area contributed by atoms with Crippen LogP contribution in [0, 0.1) is 6.92 Å². The second-order valence-electron chi connectivity index (χ2n) is 5.82. The highest BCUT2D eigenvalue weighted by Crippen LogP contribution is 2.14. The van der Waals surface area contributed by atoms with Gasteiger partial charge in [-0.1, -0.05) is 0 Å². The van der Waals surface area contributed by atoms with E-state index in [4.69, 9.17) is 4.42 Å². The lowest BCUT2D eigenvalue weighted by molar-refractivity contribution is -0.116. The topological polar surface area (TPSA) is 107 Å². The van der Waals surface area contributed by atoms with Gasteiger partial charge >= 0.3 is 0 Å². The summed E-state index contributed by atoms with van der Waals surface area (Å²) < 4.78 is 8.41. The van der Waals surface area contributed by atoms with E-state index in [0.717, 1.165) is 5.69 Å². The first-order valence-corrected chi connectivity index (χ1v) is 8.15. The molecule has 0 radical (unpaired) electrons. The number of aromatic nitrogens is 4. The Morgan fingerprint density at radius 2 is 2.15 bits per heavy atom. The molecule has 9 heteroatoms. The quantitative estimate of drug-likeness (QED) is 0.667. The SMILES string of the molecule is Cc1ccnn1CCC(=O)Nc1cn(C)nc1C(=O)NCc1ccco1. The van der Waals surface area contributed by atoms with Crippen molar-refractivity contribution >= 4 is 17.5 Å². The van der Waals surface area contributed by atoms with Crippen LogP contribution in [-0.4, -0.2) is 31.4 Å². The maximum atomic E-state index is 12.4. The van der Waals surface area contributed by atoms with Crippen molar-refractivity contribution in [2.75, 3.05) is 5.32 Å². The van der Waals surface area contributed by atoms with Crippen LogP contribution >= 0.6 is 0 Å². The number of rotatable bonds is 7. The maximum absolute atomic E-state index is 12.4. The second kappa shape index (κ2) is 7.68. The molecule has 0 aliphatic rings. The van der Waals surface area contributed by atoms with E-state index in [1.807, 2.05) is 13.0 Å². The molecule has 0 aliphatic heterocycles. The number of carbonyl (C=O) groups is 2. The van der Waals surface area contributed by atoms with Gasteiger partial charge in [-0.15, -0.1) is 0 Å². The zero-order chi connectivity index (χ0) is 18.5. The van der Waals surface area contributed by atoms with Crippen LogP contribution in [-0.2, 0) is 24.9 Å². The van der Waals surface area contributed by atoms with Gasteiger partial charge in [0.15, 0.2) is 5.69 Å². The summed E-state index contributed by atoms with van der Waals surface area (Å²) in [6, 6.07) is 5.38. The summed E-state index contributed by atoms with van der Waals surface area (Å²) in [5.74, 6) is 0.0302. The number of carbonyl (C=O) groups excluding carboxylic acids is 2. The molecular formula is C17H20N6O3. The fourth-order valence-electron chi connectivity index (χ4n) is 2.46. The van der Waals surface area contributed by atoms with Gasteiger partial charge in [-0.3, -0.25) is 19.0 Å². The van der Waals surface area contributed by atoms with Crippen LogP contribution in [0.15, 0.2) is 41.3 Å². The zero-order valence-electron chi connectivity index (χ0n) is 14.6. The first-order valence-electron chi connectivity index (χ1n) is 8.15. The Morgan fingerprint density at radius 3 is 2.85 bits per heavy atom. The molecule has 26 heavy (non-hydrogen) atoms. The van der Waals surface area contributed by atoms with Crippen molar-refractivity contribution in [2.45, 2.75) is 26.4 Å². The Kier molecular flexibility index (Phi) is 5.16. The number of nitrogens with one attached hydrogen (secondary N) is 2. The van der Waals surface area contributed by atoms with Crippen LogP contribution in [0.25, 0.3) is 0 Å². The molecule has 3 aromatic rings. The number of anilines is 1. The normalized spacial score (nSPS) is 10.7. The molecule has 0 fully saturated rings. The number of amides is 2. The van der Waals surface area contributed by atoms with Crippen LogP contribution in [0.4, 0.5) is 5.69 Å². The van der Waals surface area contributed by atoms with E-state index < -0.39 is 0 Å². The molecule has 0 spiro atoms. The highest BCUT2D eigenvalue weighted by Gasteiger charge is 2.18. The molecule has 2 N–H and O–H groups in total. The molecule has 0 aliphatic carbocycles. The van der Waals surface area contributed by atoms with Crippen molar-refractivity contribution in [2.24, 2.45) is 7.05 Å². The first-order chi connectivity index (χ1) is 12.5. The maximum Gasteiger partial charge on any atom is 0.274 e. The zero-order valence-corrected chi connectivity index (χ0v) is 14.6. The van der Waals surface area contributed by atoms with Crippen LogP contribution in [0.3, 0.4) is 0 Å². The van der Waals surface area contributed by atoms with Crippen molar-refractivity contribution in [1.29, 1.82) is 0 Å². The highest BCUT2D eigenvalue weighted by molar-refractivity contribution is 6.02. The average molecular weight is 356 g/mol. The predicted molar refractivity (Wildman–Crippen MR) is 93.3 cm³/mol. The highest BCUT2D eigenvalue weighted by atomic mass is 16.3. The average Bonchev–Trinajstić information content (AvgIpc) is 3.33. The van der Waals surface area contributed by atoms with Gasteiger partial charge in [0.2, 0.25) is 5.91 Å². The summed E-state index contributed by atoms with van der Waals surface area (Å²) in [6.45, 7) is 2.63. The molecule has 136 valence electrons. The number of hydrogen-bond donors (Lipinski definition) is 2. The molecule has 0 saturated heterocycles. The number of hydrogen-bond acceptors (Lipinski definition) is 5. The largest absolute Gasteiger partial charge is 0.467 e. The first kappa shape index (κ1) is 17.5. The molecule has 0 aromatic carbocycles. The molecular weight excluding hydrogens is 336 g/mol. The lowest BCUT2D eigenvalue weighted by Gasteiger charge is -2.07. The van der Waals surface area contributed by atoms with E-state index in [1.165, 1.54) is 10.9 Å². The molecule has 0 saturated carbocycles. The van der Waals surface area contributed by atoms with Crippen molar-refractivity contribution in [3.8, 4) is 0 Å². The predicted octanol–water partition coefficient (Wildman–Crippen LogP) is 1.48. The van der Waals surface area contributed by atoms with Crippen molar-refractivity contribution < 1.29 is 14.0 Å². The summed E-state index contributed by atoms with van der Waals surface area (Å²) in [7, 11) is 1.69. The van der Waals surface area contributed by atoms with Crippen LogP contribution in [0.1, 0.15) is 28.4 Å². The molecule has 2 amide bonds. The van der Waals surface area contributed by atoms with E-state index in [2.05, 4.69) is 20.8 Å². The third-order valence-electron chi connectivity index (χ3n) is 3.80. The van der Waals surface area contributed by atoms with Gasteiger partial charge in [-0.25, -0.2) is 0 Å². The minimum Gasteiger partial charge on any atom is -0.467 e. The summed E-state index contributed by atoms with van der Waals surface area (Å²) in [4.78, 5) is 24.6. The smallest absolute Gasteiger partial charge is 0.274 e. The second-order valence-corrected chi connectivity index (χ2v) is 5.82. The Balaban J connectivity index is 1.60. The Hall–Kier alpha value is -3.36. The van der Waals surface area contributed by atoms with Crippen molar-refractivity contribution in [3.05, 3.63) is 54.0 Å². The van der Waals surface area contributed by atoms with Gasteiger partial charge in [-0.2, -0.15) is 10.2 Å². The van der Waals surface area contributed by atoms with Gasteiger partial charge in [0, 0.05) is 38.1 Å². The third-order valence-corrected chi connectivity index (χ3v) is 3.80. The number of nitrogens with zero attached hydrogens (tertiary/aromatic N) is 4. The monoisotopic (exact) mass is 356 g/mol. The van der Waals surface area contributed by atoms with E-state index in [1.54, 1.807) is 36.3 Å². The lowest BCUT2D eigenvalue weighted by Crippen LogP contribution is -2.25. The Bertz CT molecular complexity index is 894. The lowest BCUT2D eigenvalue weighted by atomic mass is 10.3. The molecule has 3 rings (SSSR count). The standard InChI is InChI=1S/C17H20N6O3/c1-12-5-7-19-23(12)8-6-15(24)20-14-11-22(2)21-16(14)17(25)18-10-13-4-3-9-26-13/h3-5,7,9,11H,6,8,10H2,1-2H3,(H,18,25)(H,20,24). The van der Waals surface area contributed by atoms with E-state index in [9.17, 15) is 9.59 Å². The summed E-state index contributed by atoms with van der Waals surface area (Å²) in [5, 5.41) is 13.7. The van der Waals surface area contributed by atoms with Gasteiger partial charge in [-0.05, 0) is 25.1 Å². The summed E-state index contributed by atoms with van der Waals surface area (Å²) in [5.41, 5.74) is 1.51. The minimum absolute atomic E-state index is 0.155. The summed E-state index contributed by atoms with van der Waals surface area (Å²) in [6.07, 6.45) is 5.06. The van der Waals surface area contributed by atoms with Gasteiger partial charge in [0.25, 0.3) is 5.91 Å². The summed E-state index contributed by atoms with van der Waals surface area (Å²) >= 11 is 0. The Morgan fingerprint density at radius 1 is 1.31 bits per heavy atom. The number of aryl methyl sites for hydroxylation is 3. The van der Waals surface area contributed by atoms with E-state index in [0.29, 0.717) is 18.0 Å². The molecule has 0 bridgehead atoms. The van der Waals surface area contributed by atoms with Crippen molar-refractivity contribution in [1.82, 2.24) is 24.9 Å².